The molecule has 0 spiro atoms. The molecule has 2 heterocycles. The van der Waals surface area contributed by atoms with Crippen LogP contribution in [-0.2, 0) is 29.1 Å². The highest BCUT2D eigenvalue weighted by Crippen LogP contribution is 2.26. The molecule has 13 nitrogen and oxygen atoms in total. The quantitative estimate of drug-likeness (QED) is 0.227. The van der Waals surface area contributed by atoms with Gasteiger partial charge in [-0.05, 0) is 68.4 Å². The van der Waals surface area contributed by atoms with Crippen LogP contribution in [0.1, 0.15) is 27.7 Å². The minimum Gasteiger partial charge on any atom is -0.465 e. The Morgan fingerprint density at radius 1 is 0.905 bits per heavy atom. The third-order valence-electron chi connectivity index (χ3n) is 5.74. The van der Waals surface area contributed by atoms with E-state index in [1.807, 2.05) is 0 Å². The van der Waals surface area contributed by atoms with Crippen molar-refractivity contribution < 1.29 is 32.1 Å². The van der Waals surface area contributed by atoms with Crippen molar-refractivity contribution in [1.29, 1.82) is 0 Å². The molecule has 0 unspecified atom stereocenters. The lowest BCUT2D eigenvalue weighted by atomic mass is 9.93. The molecule has 4 aromatic rings. The van der Waals surface area contributed by atoms with Gasteiger partial charge in [-0.1, -0.05) is 17.3 Å². The summed E-state index contributed by atoms with van der Waals surface area (Å²) in [5.74, 6) is -0.499. The van der Waals surface area contributed by atoms with Crippen molar-refractivity contribution in [1.82, 2.24) is 15.1 Å². The molecule has 2 aromatic heterocycles. The zero-order valence-corrected chi connectivity index (χ0v) is 24.0. The van der Waals surface area contributed by atoms with Crippen LogP contribution in [0.2, 0.25) is 0 Å². The van der Waals surface area contributed by atoms with Crippen molar-refractivity contribution in [2.45, 2.75) is 32.6 Å². The number of esters is 1. The third-order valence-corrected chi connectivity index (χ3v) is 7.14. The van der Waals surface area contributed by atoms with Crippen molar-refractivity contribution in [3.05, 3.63) is 66.7 Å². The van der Waals surface area contributed by atoms with E-state index >= 15 is 0 Å². The fraction of sp³-hybridized carbons (Fsp3) is 0.214. The second-order valence-electron chi connectivity index (χ2n) is 9.84. The Morgan fingerprint density at radius 2 is 1.60 bits per heavy atom. The molecule has 2 aromatic carbocycles. The number of benzene rings is 2. The van der Waals surface area contributed by atoms with Gasteiger partial charge in [-0.2, -0.15) is 4.98 Å². The maximum absolute atomic E-state index is 13.1. The first-order valence-corrected chi connectivity index (χ1v) is 14.1. The predicted octanol–water partition coefficient (Wildman–Crippen LogP) is 4.09. The molecule has 3 N–H and O–H groups in total. The number of anilines is 3. The summed E-state index contributed by atoms with van der Waals surface area (Å²) in [4.78, 5) is 43.6. The zero-order valence-electron chi connectivity index (χ0n) is 23.2. The van der Waals surface area contributed by atoms with Crippen LogP contribution in [0.4, 0.5) is 17.2 Å². The number of carbonyl (C=O) groups excluding carboxylic acids is 3. The highest BCUT2D eigenvalue weighted by atomic mass is 32.2. The summed E-state index contributed by atoms with van der Waals surface area (Å²) in [6.07, 6.45) is 0. The summed E-state index contributed by atoms with van der Waals surface area (Å²) in [6, 6.07) is 17.0. The number of rotatable bonds is 10. The van der Waals surface area contributed by atoms with Gasteiger partial charge in [0.1, 0.15) is 18.1 Å². The molecule has 0 radical (unpaired) electrons. The van der Waals surface area contributed by atoms with Gasteiger partial charge in [-0.3, -0.25) is 19.1 Å². The SMILES string of the molecule is CC(=O)Nc1cccc(-c2nc(-c3ccc(S(=O)(=O)Nc4cccc(NC(=O)C(C)(C)COC(C)=O)c4)cc3)no2)n1. The number of nitrogens with one attached hydrogen (secondary N) is 3. The number of hydrogen-bond donors (Lipinski definition) is 3. The minimum atomic E-state index is -3.99. The zero-order chi connectivity index (χ0) is 30.5. The highest BCUT2D eigenvalue weighted by Gasteiger charge is 2.29. The molecule has 218 valence electrons. The van der Waals surface area contributed by atoms with E-state index in [2.05, 4.69) is 30.5 Å². The maximum atomic E-state index is 13.1. The Morgan fingerprint density at radius 3 is 2.29 bits per heavy atom. The van der Waals surface area contributed by atoms with Gasteiger partial charge < -0.3 is 19.9 Å². The topological polar surface area (TPSA) is 182 Å². The maximum Gasteiger partial charge on any atom is 0.302 e. The van der Waals surface area contributed by atoms with Crippen LogP contribution in [0.25, 0.3) is 23.0 Å². The van der Waals surface area contributed by atoms with Gasteiger partial charge >= 0.3 is 5.97 Å². The fourth-order valence-corrected chi connectivity index (χ4v) is 4.60. The summed E-state index contributed by atoms with van der Waals surface area (Å²) >= 11 is 0. The van der Waals surface area contributed by atoms with Gasteiger partial charge in [0.15, 0.2) is 0 Å². The Labute approximate surface area is 241 Å². The average Bonchev–Trinajstić information content (AvgIpc) is 3.42. The second-order valence-corrected chi connectivity index (χ2v) is 11.5. The number of hydrogen-bond acceptors (Lipinski definition) is 10. The van der Waals surface area contributed by atoms with E-state index in [0.717, 1.165) is 0 Å². The molecule has 0 atom stereocenters. The Balaban J connectivity index is 1.44. The van der Waals surface area contributed by atoms with Crippen molar-refractivity contribution in [3.63, 3.8) is 0 Å². The lowest BCUT2D eigenvalue weighted by molar-refractivity contribution is -0.146. The summed E-state index contributed by atoms with van der Waals surface area (Å²) in [6.45, 7) is 5.77. The number of sulfonamides is 1. The van der Waals surface area contributed by atoms with Crippen LogP contribution in [0.15, 0.2) is 76.1 Å². The first kappa shape index (κ1) is 29.9. The Hall–Kier alpha value is -5.11. The van der Waals surface area contributed by atoms with E-state index in [4.69, 9.17) is 9.26 Å². The van der Waals surface area contributed by atoms with Crippen molar-refractivity contribution in [3.8, 4) is 23.0 Å². The standard InChI is InChI=1S/C28H28N6O7S/c1-17(35)29-24-10-6-9-23(31-24)26-32-25(33-41-26)19-11-13-22(14-12-19)42(38,39)34-21-8-5-7-20(15-21)30-27(37)28(3,4)16-40-18(2)36/h5-15,34H,16H2,1-4H3,(H,30,37)(H,29,31,35). The van der Waals surface area contributed by atoms with E-state index < -0.39 is 27.3 Å². The molecule has 2 amide bonds. The molecule has 42 heavy (non-hydrogen) atoms. The molecule has 0 aliphatic carbocycles. The largest absolute Gasteiger partial charge is 0.465 e. The van der Waals surface area contributed by atoms with Crippen LogP contribution in [0.3, 0.4) is 0 Å². The van der Waals surface area contributed by atoms with E-state index in [9.17, 15) is 22.8 Å². The molecule has 0 aliphatic heterocycles. The molecular weight excluding hydrogens is 564 g/mol. The van der Waals surface area contributed by atoms with Crippen LogP contribution in [0.5, 0.6) is 0 Å². The van der Waals surface area contributed by atoms with Gasteiger partial charge in [0.05, 0.1) is 16.0 Å². The molecule has 14 heteroatoms. The smallest absolute Gasteiger partial charge is 0.302 e. The number of ether oxygens (including phenoxy) is 1. The molecule has 0 saturated heterocycles. The fourth-order valence-electron chi connectivity index (χ4n) is 3.55. The summed E-state index contributed by atoms with van der Waals surface area (Å²) in [5.41, 5.74) is 0.441. The number of amides is 2. The lowest BCUT2D eigenvalue weighted by Crippen LogP contribution is -2.35. The van der Waals surface area contributed by atoms with Gasteiger partial charge in [0.2, 0.25) is 17.6 Å². The Bertz CT molecular complexity index is 1730. The van der Waals surface area contributed by atoms with Gasteiger partial charge in [0.25, 0.3) is 15.9 Å². The summed E-state index contributed by atoms with van der Waals surface area (Å²) in [7, 11) is -3.99. The second kappa shape index (κ2) is 12.2. The van der Waals surface area contributed by atoms with Crippen LogP contribution in [-0.4, -0.2) is 47.9 Å². The van der Waals surface area contributed by atoms with Crippen molar-refractivity contribution in [2.24, 2.45) is 5.41 Å². The number of carbonyl (C=O) groups is 3. The highest BCUT2D eigenvalue weighted by molar-refractivity contribution is 7.92. The monoisotopic (exact) mass is 592 g/mol. The summed E-state index contributed by atoms with van der Waals surface area (Å²) in [5, 5.41) is 9.24. The molecule has 0 fully saturated rings. The van der Waals surface area contributed by atoms with E-state index in [1.165, 1.54) is 44.2 Å². The van der Waals surface area contributed by atoms with Crippen molar-refractivity contribution in [2.75, 3.05) is 22.0 Å². The van der Waals surface area contributed by atoms with Gasteiger partial charge in [-0.25, -0.2) is 13.4 Å². The van der Waals surface area contributed by atoms with Gasteiger partial charge in [0, 0.05) is 25.1 Å². The molecule has 0 aliphatic rings. The van der Waals surface area contributed by atoms with Crippen LogP contribution < -0.4 is 15.4 Å². The number of pyridine rings is 1. The first-order chi connectivity index (χ1) is 19.8. The van der Waals surface area contributed by atoms with Crippen LogP contribution in [0, 0.1) is 5.41 Å². The van der Waals surface area contributed by atoms with Gasteiger partial charge in [-0.15, -0.1) is 0 Å². The van der Waals surface area contributed by atoms with E-state index in [-0.39, 0.29) is 34.8 Å². The lowest BCUT2D eigenvalue weighted by Gasteiger charge is -2.23. The third kappa shape index (κ3) is 7.54. The normalized spacial score (nSPS) is 11.4. The van der Waals surface area contributed by atoms with Crippen molar-refractivity contribution >= 4 is 45.0 Å². The number of aromatic nitrogens is 3. The van der Waals surface area contributed by atoms with Crippen LogP contribution >= 0.6 is 0 Å². The van der Waals surface area contributed by atoms with E-state index in [1.54, 1.807) is 50.2 Å². The molecule has 4 rings (SSSR count). The Kier molecular flexibility index (Phi) is 8.66. The summed E-state index contributed by atoms with van der Waals surface area (Å²) < 4.78 is 38.9. The molecule has 0 bridgehead atoms. The average molecular weight is 593 g/mol. The predicted molar refractivity (Wildman–Crippen MR) is 154 cm³/mol. The molecule has 0 saturated carbocycles. The molecular formula is C28H28N6O7S. The van der Waals surface area contributed by atoms with E-state index in [0.29, 0.717) is 22.8 Å². The first-order valence-electron chi connectivity index (χ1n) is 12.6. The minimum absolute atomic E-state index is 0.0170. The number of nitrogens with zero attached hydrogens (tertiary/aromatic N) is 3.